The van der Waals surface area contributed by atoms with Crippen LogP contribution < -0.4 is 10.9 Å². The minimum Gasteiger partial charge on any atom is -0.327 e. The molecule has 2 amide bonds. The Morgan fingerprint density at radius 1 is 1.21 bits per heavy atom. The number of H-pyrrole nitrogens is 1. The monoisotopic (exact) mass is 325 g/mol. The highest BCUT2D eigenvalue weighted by atomic mass is 16.2. The average molecular weight is 325 g/mol. The molecule has 0 aliphatic heterocycles. The van der Waals surface area contributed by atoms with Gasteiger partial charge in [0.05, 0.1) is 0 Å². The van der Waals surface area contributed by atoms with Crippen molar-refractivity contribution in [3.05, 3.63) is 64.1 Å². The van der Waals surface area contributed by atoms with Crippen molar-refractivity contribution in [2.24, 2.45) is 0 Å². The Morgan fingerprint density at radius 3 is 2.58 bits per heavy atom. The van der Waals surface area contributed by atoms with Crippen LogP contribution in [0, 0.1) is 6.92 Å². The van der Waals surface area contributed by atoms with E-state index in [4.69, 9.17) is 0 Å². The molecule has 5 heteroatoms. The van der Waals surface area contributed by atoms with Gasteiger partial charge < -0.3 is 15.2 Å². The van der Waals surface area contributed by atoms with Crippen LogP contribution in [0.5, 0.6) is 0 Å². The number of benzene rings is 1. The van der Waals surface area contributed by atoms with Gasteiger partial charge in [0.15, 0.2) is 0 Å². The maximum Gasteiger partial charge on any atom is 0.322 e. The van der Waals surface area contributed by atoms with E-state index in [1.54, 1.807) is 18.3 Å². The van der Waals surface area contributed by atoms with Gasteiger partial charge in [0.1, 0.15) is 5.69 Å². The number of rotatable bonds is 4. The number of aromatic amines is 1. The lowest BCUT2D eigenvalue weighted by molar-refractivity contribution is 0.184. The van der Waals surface area contributed by atoms with E-state index in [0.29, 0.717) is 6.54 Å². The number of nitrogens with one attached hydrogen (secondary N) is 2. The van der Waals surface area contributed by atoms with Gasteiger partial charge >= 0.3 is 6.03 Å². The molecule has 1 aliphatic rings. The molecule has 2 N–H and O–H groups in total. The molecule has 1 aromatic carbocycles. The second-order valence-corrected chi connectivity index (χ2v) is 6.39. The number of nitrogens with zero attached hydrogens (tertiary/aromatic N) is 1. The number of hydrogen-bond acceptors (Lipinski definition) is 2. The summed E-state index contributed by atoms with van der Waals surface area (Å²) in [5.41, 5.74) is 2.30. The summed E-state index contributed by atoms with van der Waals surface area (Å²) in [5, 5.41) is 2.76. The Labute approximate surface area is 141 Å². The zero-order valence-electron chi connectivity index (χ0n) is 13.9. The van der Waals surface area contributed by atoms with Gasteiger partial charge in [0, 0.05) is 18.8 Å². The van der Waals surface area contributed by atoms with Crippen LogP contribution in [-0.2, 0) is 6.54 Å². The van der Waals surface area contributed by atoms with Crippen LogP contribution in [0.2, 0.25) is 0 Å². The number of amides is 2. The van der Waals surface area contributed by atoms with Crippen molar-refractivity contribution in [3.63, 3.8) is 0 Å². The van der Waals surface area contributed by atoms with Crippen LogP contribution in [-0.4, -0.2) is 22.0 Å². The number of aryl methyl sites for hydroxylation is 1. The standard InChI is InChI=1S/C19H23N3O2/c1-14-8-10-15(11-9-14)13-22(16-5-2-3-6-16)19(24)21-17-7-4-12-20-18(17)23/h4,7-12,16H,2-3,5-6,13H2,1H3,(H,20,23)(H,21,24). The fraction of sp³-hybridized carbons (Fsp3) is 0.368. The van der Waals surface area contributed by atoms with Crippen LogP contribution in [0.25, 0.3) is 0 Å². The summed E-state index contributed by atoms with van der Waals surface area (Å²) in [6, 6.07) is 11.6. The van der Waals surface area contributed by atoms with Gasteiger partial charge in [-0.3, -0.25) is 4.79 Å². The Balaban J connectivity index is 1.78. The van der Waals surface area contributed by atoms with E-state index in [0.717, 1.165) is 31.2 Å². The van der Waals surface area contributed by atoms with Gasteiger partial charge in [0.25, 0.3) is 5.56 Å². The SMILES string of the molecule is Cc1ccc(CN(C(=O)Nc2ccc[nH]c2=O)C2CCCC2)cc1. The normalized spacial score (nSPS) is 14.5. The third kappa shape index (κ3) is 3.85. The Kier molecular flexibility index (Phi) is 4.99. The van der Waals surface area contributed by atoms with E-state index in [1.807, 2.05) is 11.8 Å². The minimum atomic E-state index is -0.285. The van der Waals surface area contributed by atoms with Crippen molar-refractivity contribution < 1.29 is 4.79 Å². The number of hydrogen-bond donors (Lipinski definition) is 2. The predicted molar refractivity (Wildman–Crippen MR) is 95.1 cm³/mol. The van der Waals surface area contributed by atoms with E-state index in [-0.39, 0.29) is 23.3 Å². The van der Waals surface area contributed by atoms with Crippen molar-refractivity contribution in [2.75, 3.05) is 5.32 Å². The predicted octanol–water partition coefficient (Wildman–Crippen LogP) is 3.66. The lowest BCUT2D eigenvalue weighted by atomic mass is 10.1. The van der Waals surface area contributed by atoms with Gasteiger partial charge in [-0.05, 0) is 37.5 Å². The molecule has 126 valence electrons. The molecule has 1 heterocycles. The largest absolute Gasteiger partial charge is 0.327 e. The van der Waals surface area contributed by atoms with Crippen molar-refractivity contribution in [3.8, 4) is 0 Å². The summed E-state index contributed by atoms with van der Waals surface area (Å²) in [4.78, 5) is 29.0. The van der Waals surface area contributed by atoms with Gasteiger partial charge in [-0.2, -0.15) is 0 Å². The highest BCUT2D eigenvalue weighted by molar-refractivity contribution is 5.89. The molecule has 3 rings (SSSR count). The van der Waals surface area contributed by atoms with E-state index >= 15 is 0 Å². The van der Waals surface area contributed by atoms with E-state index in [9.17, 15) is 9.59 Å². The Hall–Kier alpha value is -2.56. The van der Waals surface area contributed by atoms with Gasteiger partial charge in [-0.15, -0.1) is 0 Å². The summed E-state index contributed by atoms with van der Waals surface area (Å²) in [7, 11) is 0. The first kappa shape index (κ1) is 16.3. The first-order valence-electron chi connectivity index (χ1n) is 8.44. The molecule has 0 radical (unpaired) electrons. The third-order valence-electron chi connectivity index (χ3n) is 4.56. The number of anilines is 1. The van der Waals surface area contributed by atoms with Crippen LogP contribution >= 0.6 is 0 Å². The van der Waals surface area contributed by atoms with Crippen molar-refractivity contribution >= 4 is 11.7 Å². The van der Waals surface area contributed by atoms with Crippen LogP contribution in [0.3, 0.4) is 0 Å². The molecule has 0 saturated heterocycles. The summed E-state index contributed by atoms with van der Waals surface area (Å²) < 4.78 is 0. The van der Waals surface area contributed by atoms with Crippen LogP contribution in [0.4, 0.5) is 10.5 Å². The highest BCUT2D eigenvalue weighted by Crippen LogP contribution is 2.25. The molecule has 1 fully saturated rings. The van der Waals surface area contributed by atoms with E-state index < -0.39 is 0 Å². The molecule has 1 aromatic heterocycles. The lowest BCUT2D eigenvalue weighted by Gasteiger charge is -2.29. The zero-order valence-corrected chi connectivity index (χ0v) is 13.9. The third-order valence-corrected chi connectivity index (χ3v) is 4.56. The second-order valence-electron chi connectivity index (χ2n) is 6.39. The zero-order chi connectivity index (χ0) is 16.9. The molecular weight excluding hydrogens is 302 g/mol. The molecule has 0 bridgehead atoms. The van der Waals surface area contributed by atoms with Crippen molar-refractivity contribution in [1.82, 2.24) is 9.88 Å². The molecule has 0 atom stereocenters. The maximum absolute atomic E-state index is 12.8. The topological polar surface area (TPSA) is 65.2 Å². The van der Waals surface area contributed by atoms with Gasteiger partial charge in [0.2, 0.25) is 0 Å². The average Bonchev–Trinajstić information content (AvgIpc) is 3.10. The first-order valence-corrected chi connectivity index (χ1v) is 8.44. The first-order chi connectivity index (χ1) is 11.6. The van der Waals surface area contributed by atoms with Gasteiger partial charge in [-0.25, -0.2) is 4.79 Å². The molecular formula is C19H23N3O2. The highest BCUT2D eigenvalue weighted by Gasteiger charge is 2.27. The summed E-state index contributed by atoms with van der Waals surface area (Å²) in [5.74, 6) is 0. The summed E-state index contributed by atoms with van der Waals surface area (Å²) in [6.07, 6.45) is 5.89. The fourth-order valence-corrected chi connectivity index (χ4v) is 3.18. The molecule has 0 unspecified atom stereocenters. The number of aromatic nitrogens is 1. The quantitative estimate of drug-likeness (QED) is 0.901. The fourth-order valence-electron chi connectivity index (χ4n) is 3.18. The second kappa shape index (κ2) is 7.34. The lowest BCUT2D eigenvalue weighted by Crippen LogP contribution is -2.41. The molecule has 24 heavy (non-hydrogen) atoms. The smallest absolute Gasteiger partial charge is 0.322 e. The molecule has 2 aromatic rings. The summed E-state index contributed by atoms with van der Waals surface area (Å²) in [6.45, 7) is 2.61. The number of urea groups is 1. The van der Waals surface area contributed by atoms with Crippen molar-refractivity contribution in [1.29, 1.82) is 0 Å². The Morgan fingerprint density at radius 2 is 1.92 bits per heavy atom. The van der Waals surface area contributed by atoms with Crippen LogP contribution in [0.1, 0.15) is 36.8 Å². The molecule has 1 saturated carbocycles. The van der Waals surface area contributed by atoms with Crippen LogP contribution in [0.15, 0.2) is 47.4 Å². The van der Waals surface area contributed by atoms with Gasteiger partial charge in [-0.1, -0.05) is 42.7 Å². The number of carbonyl (C=O) groups is 1. The summed E-state index contributed by atoms with van der Waals surface area (Å²) >= 11 is 0. The van der Waals surface area contributed by atoms with E-state index in [2.05, 4.69) is 34.6 Å². The molecule has 0 spiro atoms. The van der Waals surface area contributed by atoms with Crippen molar-refractivity contribution in [2.45, 2.75) is 45.2 Å². The molecule has 1 aliphatic carbocycles. The number of carbonyl (C=O) groups excluding carboxylic acids is 1. The van der Waals surface area contributed by atoms with E-state index in [1.165, 1.54) is 5.56 Å². The number of pyridine rings is 1. The Bertz CT molecular complexity index is 746. The minimum absolute atomic E-state index is 0.209. The molecule has 5 nitrogen and oxygen atoms in total. The maximum atomic E-state index is 12.8.